The summed E-state index contributed by atoms with van der Waals surface area (Å²) in [5.74, 6) is -0.262. The van der Waals surface area contributed by atoms with Crippen LogP contribution in [0.4, 0.5) is 0 Å². The fourth-order valence-electron chi connectivity index (χ4n) is 3.02. The largest absolute Gasteiger partial charge is 0.467 e. The first-order chi connectivity index (χ1) is 9.62. The molecule has 0 aromatic rings. The van der Waals surface area contributed by atoms with Gasteiger partial charge in [-0.15, -0.1) is 6.58 Å². The smallest absolute Gasteiger partial charge is 0.338 e. The molecule has 2 saturated heterocycles. The van der Waals surface area contributed by atoms with Crippen molar-refractivity contribution in [3.8, 4) is 0 Å². The highest BCUT2D eigenvalue weighted by Crippen LogP contribution is 2.40. The lowest BCUT2D eigenvalue weighted by molar-refractivity contribution is -0.217. The minimum absolute atomic E-state index is 0.00389. The van der Waals surface area contributed by atoms with Crippen LogP contribution in [0.3, 0.4) is 0 Å². The van der Waals surface area contributed by atoms with E-state index in [9.17, 15) is 4.79 Å². The number of carbonyl (C=O) groups is 1. The highest BCUT2D eigenvalue weighted by Gasteiger charge is 2.52. The summed E-state index contributed by atoms with van der Waals surface area (Å²) in [7, 11) is 1.40. The van der Waals surface area contributed by atoms with Crippen molar-refractivity contribution in [3.05, 3.63) is 12.7 Å². The van der Waals surface area contributed by atoms with Gasteiger partial charge in [-0.1, -0.05) is 13.0 Å². The minimum Gasteiger partial charge on any atom is -0.467 e. The second-order valence-corrected chi connectivity index (χ2v) is 5.50. The van der Waals surface area contributed by atoms with Gasteiger partial charge in [-0.2, -0.15) is 0 Å². The summed E-state index contributed by atoms with van der Waals surface area (Å²) in [4.78, 5) is 12.4. The third kappa shape index (κ3) is 3.05. The molecule has 2 aliphatic heterocycles. The molecule has 2 rings (SSSR count). The molecule has 2 heterocycles. The maximum Gasteiger partial charge on any atom is 0.338 e. The lowest BCUT2D eigenvalue weighted by atomic mass is 9.78. The van der Waals surface area contributed by atoms with Crippen LogP contribution >= 0.6 is 0 Å². The van der Waals surface area contributed by atoms with Crippen LogP contribution in [0.5, 0.6) is 0 Å². The average Bonchev–Trinajstić information content (AvgIpc) is 2.94. The first-order valence-electron chi connectivity index (χ1n) is 7.22. The van der Waals surface area contributed by atoms with E-state index in [-0.39, 0.29) is 24.3 Å². The van der Waals surface area contributed by atoms with Crippen LogP contribution in [0.2, 0.25) is 0 Å². The Morgan fingerprint density at radius 1 is 1.40 bits per heavy atom. The molecule has 0 aromatic heterocycles. The topological polar surface area (TPSA) is 54.0 Å². The van der Waals surface area contributed by atoms with Gasteiger partial charge in [0.25, 0.3) is 0 Å². The molecule has 0 spiro atoms. The fraction of sp³-hybridized carbons (Fsp3) is 0.800. The van der Waals surface area contributed by atoms with Gasteiger partial charge in [0.05, 0.1) is 26.4 Å². The summed E-state index contributed by atoms with van der Waals surface area (Å²) in [6.07, 6.45) is 4.40. The van der Waals surface area contributed by atoms with Crippen LogP contribution in [0.15, 0.2) is 12.7 Å². The lowest BCUT2D eigenvalue weighted by Crippen LogP contribution is -2.55. The van der Waals surface area contributed by atoms with Crippen molar-refractivity contribution >= 4 is 5.97 Å². The molecule has 20 heavy (non-hydrogen) atoms. The molecule has 2 fully saturated rings. The van der Waals surface area contributed by atoms with Crippen molar-refractivity contribution in [1.82, 2.24) is 0 Å². The number of hydrogen-bond acceptors (Lipinski definition) is 5. The Bertz CT molecular complexity index is 350. The molecule has 0 saturated carbocycles. The SMILES string of the molecule is C=CCC1CC[C@H](C)[C@](CC2OCCO2)(C(=O)OC)O1. The number of esters is 1. The molecular weight excluding hydrogens is 260 g/mol. The van der Waals surface area contributed by atoms with Gasteiger partial charge in [0.15, 0.2) is 11.9 Å². The molecule has 5 heteroatoms. The minimum atomic E-state index is -0.977. The first kappa shape index (κ1) is 15.5. The van der Waals surface area contributed by atoms with Gasteiger partial charge < -0.3 is 18.9 Å². The molecule has 0 aromatic carbocycles. The normalized spacial score (nSPS) is 34.9. The van der Waals surface area contributed by atoms with Crippen LogP contribution in [0, 0.1) is 5.92 Å². The summed E-state index contributed by atoms with van der Waals surface area (Å²) < 4.78 is 22.1. The van der Waals surface area contributed by atoms with Crippen LogP contribution in [-0.2, 0) is 23.7 Å². The van der Waals surface area contributed by atoms with Gasteiger partial charge in [-0.3, -0.25) is 0 Å². The van der Waals surface area contributed by atoms with Crippen LogP contribution in [-0.4, -0.2) is 44.3 Å². The van der Waals surface area contributed by atoms with E-state index in [1.807, 2.05) is 13.0 Å². The number of hydrogen-bond donors (Lipinski definition) is 0. The summed E-state index contributed by atoms with van der Waals surface area (Å²) in [5.41, 5.74) is -0.977. The van der Waals surface area contributed by atoms with E-state index in [1.165, 1.54) is 7.11 Å². The Hall–Kier alpha value is -0.910. The van der Waals surface area contributed by atoms with E-state index < -0.39 is 5.60 Å². The molecule has 3 atom stereocenters. The van der Waals surface area contributed by atoms with E-state index in [4.69, 9.17) is 18.9 Å². The molecule has 2 aliphatic rings. The maximum absolute atomic E-state index is 12.4. The number of rotatable bonds is 5. The third-order valence-electron chi connectivity index (χ3n) is 4.22. The zero-order valence-electron chi connectivity index (χ0n) is 12.3. The molecule has 0 bridgehead atoms. The summed E-state index contributed by atoms with van der Waals surface area (Å²) in [5, 5.41) is 0. The second kappa shape index (κ2) is 6.70. The highest BCUT2D eigenvalue weighted by atomic mass is 16.7. The number of carbonyl (C=O) groups excluding carboxylic acids is 1. The highest BCUT2D eigenvalue weighted by molar-refractivity contribution is 5.80. The van der Waals surface area contributed by atoms with Crippen molar-refractivity contribution in [1.29, 1.82) is 0 Å². The van der Waals surface area contributed by atoms with Crippen LogP contribution in [0.1, 0.15) is 32.6 Å². The van der Waals surface area contributed by atoms with E-state index in [2.05, 4.69) is 6.58 Å². The molecule has 114 valence electrons. The predicted octanol–water partition coefficient (Wildman–Crippen LogP) is 2.05. The number of ether oxygens (including phenoxy) is 4. The van der Waals surface area contributed by atoms with Crippen molar-refractivity contribution in [2.24, 2.45) is 5.92 Å². The average molecular weight is 284 g/mol. The van der Waals surface area contributed by atoms with Crippen molar-refractivity contribution in [2.75, 3.05) is 20.3 Å². The fourth-order valence-corrected chi connectivity index (χ4v) is 3.02. The van der Waals surface area contributed by atoms with Crippen LogP contribution in [0.25, 0.3) is 0 Å². The third-order valence-corrected chi connectivity index (χ3v) is 4.22. The monoisotopic (exact) mass is 284 g/mol. The first-order valence-corrected chi connectivity index (χ1v) is 7.22. The predicted molar refractivity (Wildman–Crippen MR) is 73.1 cm³/mol. The van der Waals surface area contributed by atoms with Crippen LogP contribution < -0.4 is 0 Å². The van der Waals surface area contributed by atoms with E-state index in [0.29, 0.717) is 19.6 Å². The molecule has 0 radical (unpaired) electrons. The van der Waals surface area contributed by atoms with Crippen molar-refractivity contribution < 1.29 is 23.7 Å². The molecule has 1 unspecified atom stereocenters. The van der Waals surface area contributed by atoms with Crippen molar-refractivity contribution in [2.45, 2.75) is 50.6 Å². The standard InChI is InChI=1S/C15H24O5/c1-4-5-12-7-6-11(2)15(20-12,14(16)17-3)10-13-18-8-9-19-13/h4,11-13H,1,5-10H2,2-3H3/t11-,12?,15+/m0/s1. The van der Waals surface area contributed by atoms with Crippen molar-refractivity contribution in [3.63, 3.8) is 0 Å². The lowest BCUT2D eigenvalue weighted by Gasteiger charge is -2.44. The number of methoxy groups -OCH3 is 1. The Kier molecular flexibility index (Phi) is 5.18. The zero-order chi connectivity index (χ0) is 14.6. The van der Waals surface area contributed by atoms with E-state index in [0.717, 1.165) is 19.3 Å². The summed E-state index contributed by atoms with van der Waals surface area (Å²) >= 11 is 0. The quantitative estimate of drug-likeness (QED) is 0.571. The molecular formula is C15H24O5. The zero-order valence-corrected chi connectivity index (χ0v) is 12.3. The molecule has 0 N–H and O–H groups in total. The van der Waals surface area contributed by atoms with Gasteiger partial charge in [0, 0.05) is 6.42 Å². The Morgan fingerprint density at radius 2 is 2.10 bits per heavy atom. The molecule has 0 amide bonds. The summed E-state index contributed by atoms with van der Waals surface area (Å²) in [6.45, 7) is 6.89. The van der Waals surface area contributed by atoms with Gasteiger partial charge in [-0.05, 0) is 25.2 Å². The Morgan fingerprint density at radius 3 is 2.70 bits per heavy atom. The molecule has 0 aliphatic carbocycles. The Balaban J connectivity index is 2.18. The van der Waals surface area contributed by atoms with Gasteiger partial charge in [0.1, 0.15) is 0 Å². The van der Waals surface area contributed by atoms with Gasteiger partial charge in [0.2, 0.25) is 0 Å². The maximum atomic E-state index is 12.4. The summed E-state index contributed by atoms with van der Waals surface area (Å²) in [6, 6.07) is 0. The van der Waals surface area contributed by atoms with E-state index >= 15 is 0 Å². The Labute approximate surface area is 120 Å². The van der Waals surface area contributed by atoms with Gasteiger partial charge >= 0.3 is 5.97 Å². The molecule has 5 nitrogen and oxygen atoms in total. The van der Waals surface area contributed by atoms with E-state index in [1.54, 1.807) is 0 Å². The second-order valence-electron chi connectivity index (χ2n) is 5.50. The van der Waals surface area contributed by atoms with Gasteiger partial charge in [-0.25, -0.2) is 4.79 Å².